The van der Waals surface area contributed by atoms with E-state index < -0.39 is 10.0 Å². The average Bonchev–Trinajstić information content (AvgIpc) is 2.54. The second-order valence-electron chi connectivity index (χ2n) is 3.22. The molecule has 0 saturated heterocycles. The molecule has 1 rings (SSSR count). The molecule has 4 nitrogen and oxygen atoms in total. The molecule has 0 aliphatic heterocycles. The van der Waals surface area contributed by atoms with E-state index in [9.17, 15) is 8.42 Å². The predicted molar refractivity (Wildman–Crippen MR) is 55.4 cm³/mol. The Balaban J connectivity index is 2.52. The van der Waals surface area contributed by atoms with Gasteiger partial charge in [0.2, 0.25) is 0 Å². The predicted octanol–water partition coefficient (Wildman–Crippen LogP) is 1.61. The van der Waals surface area contributed by atoms with Crippen LogP contribution in [0.3, 0.4) is 0 Å². The first-order valence-corrected chi connectivity index (χ1v) is 6.56. The Morgan fingerprint density at radius 2 is 2.29 bits per heavy atom. The van der Waals surface area contributed by atoms with Gasteiger partial charge in [-0.15, -0.1) is 11.3 Å². The second kappa shape index (κ2) is 4.88. The maximum Gasteiger partial charge on any atom is 0.271 e. The highest BCUT2D eigenvalue weighted by atomic mass is 32.2. The summed E-state index contributed by atoms with van der Waals surface area (Å²) >= 11 is 1.16. The topological polar surface area (TPSA) is 55.4 Å². The summed E-state index contributed by atoms with van der Waals surface area (Å²) in [5.74, 6) is 0.293. The van der Waals surface area contributed by atoms with Gasteiger partial charge in [-0.3, -0.25) is 4.84 Å². The monoisotopic (exact) mass is 235 g/mol. The molecule has 0 fully saturated rings. The van der Waals surface area contributed by atoms with E-state index in [0.29, 0.717) is 12.5 Å². The van der Waals surface area contributed by atoms with Crippen molar-refractivity contribution in [2.75, 3.05) is 6.61 Å². The van der Waals surface area contributed by atoms with Gasteiger partial charge < -0.3 is 0 Å². The van der Waals surface area contributed by atoms with Gasteiger partial charge >= 0.3 is 0 Å². The molecule has 0 saturated carbocycles. The van der Waals surface area contributed by atoms with Crippen molar-refractivity contribution < 1.29 is 13.3 Å². The molecule has 1 heterocycles. The number of rotatable bonds is 5. The van der Waals surface area contributed by atoms with E-state index in [-0.39, 0.29) is 4.21 Å². The summed E-state index contributed by atoms with van der Waals surface area (Å²) in [7, 11) is -3.47. The normalized spacial score (nSPS) is 12.2. The first kappa shape index (κ1) is 11.6. The molecule has 1 aromatic rings. The third kappa shape index (κ3) is 3.38. The quantitative estimate of drug-likeness (QED) is 0.789. The SMILES string of the molecule is CC(C)CONS(=O)(=O)c1cccs1. The van der Waals surface area contributed by atoms with Crippen molar-refractivity contribution in [3.05, 3.63) is 17.5 Å². The third-order valence-electron chi connectivity index (χ3n) is 1.35. The second-order valence-corrected chi connectivity index (χ2v) is 6.04. The van der Waals surface area contributed by atoms with Crippen LogP contribution in [0, 0.1) is 5.92 Å². The van der Waals surface area contributed by atoms with E-state index in [2.05, 4.69) is 4.89 Å². The van der Waals surface area contributed by atoms with Crippen LogP contribution in [0.25, 0.3) is 0 Å². The number of hydrogen-bond donors (Lipinski definition) is 1. The van der Waals surface area contributed by atoms with E-state index in [1.54, 1.807) is 11.4 Å². The Labute approximate surface area is 87.9 Å². The zero-order valence-corrected chi connectivity index (χ0v) is 9.69. The van der Waals surface area contributed by atoms with Crippen molar-refractivity contribution in [3.63, 3.8) is 0 Å². The standard InChI is InChI=1S/C8H13NO3S2/c1-7(2)6-12-9-14(10,11)8-4-3-5-13-8/h3-5,7,9H,6H2,1-2H3. The Bertz CT molecular complexity index is 356. The molecule has 0 bridgehead atoms. The summed E-state index contributed by atoms with van der Waals surface area (Å²) in [5, 5.41) is 1.71. The van der Waals surface area contributed by atoms with Gasteiger partial charge in [-0.25, -0.2) is 8.42 Å². The molecule has 1 N–H and O–H groups in total. The summed E-state index contributed by atoms with van der Waals surface area (Å²) in [6, 6.07) is 3.22. The summed E-state index contributed by atoms with van der Waals surface area (Å²) in [4.78, 5) is 6.93. The van der Waals surface area contributed by atoms with Crippen molar-refractivity contribution >= 4 is 21.4 Å². The van der Waals surface area contributed by atoms with Crippen LogP contribution in [-0.4, -0.2) is 15.0 Å². The van der Waals surface area contributed by atoms with Crippen LogP contribution in [0.15, 0.2) is 21.7 Å². The molecule has 6 heteroatoms. The van der Waals surface area contributed by atoms with Gasteiger partial charge in [-0.05, 0) is 17.4 Å². The zero-order chi connectivity index (χ0) is 10.6. The van der Waals surface area contributed by atoms with Crippen molar-refractivity contribution in [1.82, 2.24) is 4.89 Å². The lowest BCUT2D eigenvalue weighted by Gasteiger charge is -2.06. The largest absolute Gasteiger partial charge is 0.287 e. The van der Waals surface area contributed by atoms with Crippen LogP contribution >= 0.6 is 11.3 Å². The van der Waals surface area contributed by atoms with Crippen LogP contribution in [-0.2, 0) is 14.9 Å². The summed E-state index contributed by atoms with van der Waals surface area (Å²) in [6.07, 6.45) is 0. The molecule has 0 aromatic carbocycles. The van der Waals surface area contributed by atoms with Crippen molar-refractivity contribution in [3.8, 4) is 0 Å². The van der Waals surface area contributed by atoms with Crippen molar-refractivity contribution in [2.24, 2.45) is 5.92 Å². The van der Waals surface area contributed by atoms with Crippen LogP contribution in [0.2, 0.25) is 0 Å². The molecule has 14 heavy (non-hydrogen) atoms. The van der Waals surface area contributed by atoms with Crippen molar-refractivity contribution in [2.45, 2.75) is 18.1 Å². The molecule has 1 aromatic heterocycles. The average molecular weight is 235 g/mol. The Kier molecular flexibility index (Phi) is 4.06. The van der Waals surface area contributed by atoms with Gasteiger partial charge in [-0.1, -0.05) is 24.8 Å². The zero-order valence-electron chi connectivity index (χ0n) is 8.06. The van der Waals surface area contributed by atoms with E-state index in [0.717, 1.165) is 11.3 Å². The van der Waals surface area contributed by atoms with Crippen molar-refractivity contribution in [1.29, 1.82) is 0 Å². The maximum atomic E-state index is 11.4. The highest BCUT2D eigenvalue weighted by Crippen LogP contribution is 2.15. The molecule has 0 aliphatic rings. The Hall–Kier alpha value is -0.430. The van der Waals surface area contributed by atoms with Crippen LogP contribution in [0.1, 0.15) is 13.8 Å². The van der Waals surface area contributed by atoms with Gasteiger partial charge in [0.05, 0.1) is 6.61 Å². The molecule has 0 unspecified atom stereocenters. The van der Waals surface area contributed by atoms with Gasteiger partial charge in [0.1, 0.15) is 4.21 Å². The fourth-order valence-corrected chi connectivity index (χ4v) is 2.52. The highest BCUT2D eigenvalue weighted by Gasteiger charge is 2.14. The lowest BCUT2D eigenvalue weighted by molar-refractivity contribution is 0.0720. The number of sulfonamides is 1. The molecule has 0 aliphatic carbocycles. The highest BCUT2D eigenvalue weighted by molar-refractivity contribution is 7.91. The molecular weight excluding hydrogens is 222 g/mol. The minimum atomic E-state index is -3.47. The summed E-state index contributed by atoms with van der Waals surface area (Å²) in [6.45, 7) is 4.25. The fourth-order valence-electron chi connectivity index (χ4n) is 0.736. The molecule has 0 radical (unpaired) electrons. The van der Waals surface area contributed by atoms with Gasteiger partial charge in [-0.2, -0.15) is 0 Å². The lowest BCUT2D eigenvalue weighted by Crippen LogP contribution is -2.25. The van der Waals surface area contributed by atoms with Gasteiger partial charge in [0.25, 0.3) is 10.0 Å². The molecule has 0 atom stereocenters. The Morgan fingerprint density at radius 3 is 2.79 bits per heavy atom. The van der Waals surface area contributed by atoms with E-state index in [1.807, 2.05) is 13.8 Å². The number of thiophene rings is 1. The van der Waals surface area contributed by atoms with Crippen LogP contribution in [0.4, 0.5) is 0 Å². The summed E-state index contributed by atoms with van der Waals surface area (Å²) < 4.78 is 23.2. The molecule has 0 spiro atoms. The summed E-state index contributed by atoms with van der Waals surface area (Å²) in [5.41, 5.74) is 0. The van der Waals surface area contributed by atoms with Gasteiger partial charge in [0, 0.05) is 0 Å². The minimum absolute atomic E-state index is 0.265. The van der Waals surface area contributed by atoms with Crippen LogP contribution < -0.4 is 4.89 Å². The maximum absolute atomic E-state index is 11.4. The smallest absolute Gasteiger partial charge is 0.271 e. The molecule has 80 valence electrons. The third-order valence-corrected chi connectivity index (χ3v) is 3.96. The lowest BCUT2D eigenvalue weighted by atomic mass is 10.2. The fraction of sp³-hybridized carbons (Fsp3) is 0.500. The van der Waals surface area contributed by atoms with E-state index in [4.69, 9.17) is 4.84 Å². The van der Waals surface area contributed by atoms with Crippen LogP contribution in [0.5, 0.6) is 0 Å². The molecular formula is C8H13NO3S2. The van der Waals surface area contributed by atoms with E-state index >= 15 is 0 Å². The first-order valence-electron chi connectivity index (χ1n) is 4.19. The minimum Gasteiger partial charge on any atom is -0.287 e. The Morgan fingerprint density at radius 1 is 1.57 bits per heavy atom. The first-order chi connectivity index (χ1) is 6.52. The molecule has 0 amide bonds. The number of hydrogen-bond acceptors (Lipinski definition) is 4. The van der Waals surface area contributed by atoms with E-state index in [1.165, 1.54) is 6.07 Å². The number of nitrogens with one attached hydrogen (secondary N) is 1. The van der Waals surface area contributed by atoms with Gasteiger partial charge in [0.15, 0.2) is 0 Å².